The van der Waals surface area contributed by atoms with Crippen LogP contribution < -0.4 is 0 Å². The van der Waals surface area contributed by atoms with Crippen LogP contribution in [0.1, 0.15) is 41.0 Å². The van der Waals surface area contributed by atoms with Crippen molar-refractivity contribution in [3.8, 4) is 11.1 Å². The summed E-state index contributed by atoms with van der Waals surface area (Å²) in [5, 5.41) is 13.6. The lowest BCUT2D eigenvalue weighted by molar-refractivity contribution is -0.129. The van der Waals surface area contributed by atoms with Gasteiger partial charge in [0.2, 0.25) is 5.91 Å². The molecular weight excluding hydrogens is 384 g/mol. The fourth-order valence-electron chi connectivity index (χ4n) is 5.98. The molecule has 0 bridgehead atoms. The van der Waals surface area contributed by atoms with Gasteiger partial charge in [-0.05, 0) is 47.1 Å². The predicted molar refractivity (Wildman–Crippen MR) is 120 cm³/mol. The summed E-state index contributed by atoms with van der Waals surface area (Å²) in [5.74, 6) is -0.373. The molecule has 2 saturated heterocycles. The number of carbonyl (C=O) groups is 1. The molecule has 6 rings (SSSR count). The number of carbonyl (C=O) groups excluding carboxylic acids is 1. The third-order valence-corrected chi connectivity index (χ3v) is 7.30. The van der Waals surface area contributed by atoms with Crippen molar-refractivity contribution in [3.05, 3.63) is 95.1 Å². The van der Waals surface area contributed by atoms with Crippen LogP contribution in [0.25, 0.3) is 11.1 Å². The maximum Gasteiger partial charge on any atom is 0.232 e. The molecule has 0 radical (unpaired) electrons. The summed E-state index contributed by atoms with van der Waals surface area (Å²) in [6.45, 7) is 0.792. The minimum absolute atomic E-state index is 0.00452. The first-order valence-electron chi connectivity index (χ1n) is 11.0. The first kappa shape index (κ1) is 18.4. The lowest BCUT2D eigenvalue weighted by atomic mass is 9.78. The molecule has 0 spiro atoms. The highest BCUT2D eigenvalue weighted by Gasteiger charge is 2.52. The van der Waals surface area contributed by atoms with Gasteiger partial charge in [0.05, 0.1) is 11.6 Å². The highest BCUT2D eigenvalue weighted by Crippen LogP contribution is 2.47. The molecule has 0 saturated carbocycles. The van der Waals surface area contributed by atoms with Gasteiger partial charge >= 0.3 is 0 Å². The molecule has 2 aliphatic heterocycles. The Kier molecular flexibility index (Phi) is 4.20. The highest BCUT2D eigenvalue weighted by molar-refractivity contribution is 6.14. The Morgan fingerprint density at radius 2 is 1.71 bits per heavy atom. The van der Waals surface area contributed by atoms with Gasteiger partial charge in [0, 0.05) is 24.1 Å². The maximum absolute atomic E-state index is 13.5. The molecule has 0 aromatic heterocycles. The fourth-order valence-corrected chi connectivity index (χ4v) is 5.98. The third kappa shape index (κ3) is 2.74. The van der Waals surface area contributed by atoms with Crippen molar-refractivity contribution >= 4 is 11.6 Å². The van der Waals surface area contributed by atoms with Crippen LogP contribution in [0.5, 0.6) is 0 Å². The lowest BCUT2D eigenvalue weighted by Gasteiger charge is -2.24. The van der Waals surface area contributed by atoms with Crippen LogP contribution in [0.3, 0.4) is 0 Å². The van der Waals surface area contributed by atoms with Crippen LogP contribution in [0, 0.1) is 5.92 Å². The van der Waals surface area contributed by atoms with E-state index in [9.17, 15) is 10.0 Å². The molecule has 3 aliphatic rings. The second-order valence-electron chi connectivity index (χ2n) is 8.85. The fraction of sp³-hybridized carbons (Fsp3) is 0.259. The Bertz CT molecular complexity index is 1200. The molecule has 1 aliphatic carbocycles. The maximum atomic E-state index is 13.5. The number of benzene rings is 3. The summed E-state index contributed by atoms with van der Waals surface area (Å²) < 4.78 is 0. The summed E-state index contributed by atoms with van der Waals surface area (Å²) in [4.78, 5) is 15.5. The van der Waals surface area contributed by atoms with Crippen LogP contribution in [-0.2, 0) is 11.2 Å². The quantitative estimate of drug-likeness (QED) is 0.300. The first-order valence-corrected chi connectivity index (χ1v) is 11.0. The molecule has 4 heteroatoms. The van der Waals surface area contributed by atoms with Crippen LogP contribution in [0.4, 0.5) is 0 Å². The molecule has 1 unspecified atom stereocenters. The van der Waals surface area contributed by atoms with E-state index < -0.39 is 5.92 Å². The van der Waals surface area contributed by atoms with E-state index in [1.807, 2.05) is 35.2 Å². The van der Waals surface area contributed by atoms with E-state index in [0.717, 1.165) is 31.4 Å². The largest absolute Gasteiger partial charge is 0.411 e. The van der Waals surface area contributed by atoms with Crippen LogP contribution in [0.2, 0.25) is 0 Å². The summed E-state index contributed by atoms with van der Waals surface area (Å²) >= 11 is 0. The molecular formula is C27H24N2O2. The van der Waals surface area contributed by atoms with E-state index in [1.54, 1.807) is 0 Å². The number of nitrogens with zero attached hydrogens (tertiary/aromatic N) is 2. The summed E-state index contributed by atoms with van der Waals surface area (Å²) in [5.41, 5.74) is 7.75. The van der Waals surface area contributed by atoms with Gasteiger partial charge in [0.25, 0.3) is 0 Å². The zero-order chi connectivity index (χ0) is 20.9. The van der Waals surface area contributed by atoms with Crippen molar-refractivity contribution < 1.29 is 10.0 Å². The van der Waals surface area contributed by atoms with Crippen LogP contribution in [-0.4, -0.2) is 34.3 Å². The highest BCUT2D eigenvalue weighted by atomic mass is 16.4. The van der Waals surface area contributed by atoms with Gasteiger partial charge in [-0.1, -0.05) is 78.0 Å². The number of oxime groups is 1. The number of hydrogen-bond donors (Lipinski definition) is 1. The van der Waals surface area contributed by atoms with E-state index in [2.05, 4.69) is 47.6 Å². The van der Waals surface area contributed by atoms with E-state index >= 15 is 0 Å². The van der Waals surface area contributed by atoms with Crippen molar-refractivity contribution in [2.45, 2.75) is 31.2 Å². The first-order chi connectivity index (χ1) is 15.3. The Balaban J connectivity index is 1.45. The zero-order valence-corrected chi connectivity index (χ0v) is 17.2. The molecule has 1 N–H and O–H groups in total. The van der Waals surface area contributed by atoms with E-state index in [0.29, 0.717) is 5.71 Å². The van der Waals surface area contributed by atoms with Crippen molar-refractivity contribution in [1.82, 2.24) is 4.90 Å². The lowest BCUT2D eigenvalue weighted by Crippen LogP contribution is -2.31. The number of hydrogen-bond acceptors (Lipinski definition) is 3. The molecule has 3 atom stereocenters. The molecule has 2 heterocycles. The third-order valence-electron chi connectivity index (χ3n) is 7.30. The Labute approximate surface area is 181 Å². The van der Waals surface area contributed by atoms with E-state index in [-0.39, 0.29) is 17.9 Å². The second kappa shape index (κ2) is 7.09. The number of fused-ring (bicyclic) bond motifs is 4. The normalized spacial score (nSPS) is 24.3. The van der Waals surface area contributed by atoms with Crippen LogP contribution in [0.15, 0.2) is 78.0 Å². The number of amides is 1. The molecule has 31 heavy (non-hydrogen) atoms. The summed E-state index contributed by atoms with van der Waals surface area (Å²) in [6, 6.07) is 25.0. The Morgan fingerprint density at radius 3 is 2.55 bits per heavy atom. The van der Waals surface area contributed by atoms with Gasteiger partial charge in [0.1, 0.15) is 0 Å². The SMILES string of the molecule is O=C1[C@@H](/C(=N/O)c2ccccc2)[C@H](c2ccc3c(c2)Cc2ccccc2-3)C2CCCN12. The molecule has 3 aromatic rings. The Hall–Kier alpha value is -3.40. The minimum atomic E-state index is -0.459. The molecule has 4 nitrogen and oxygen atoms in total. The summed E-state index contributed by atoms with van der Waals surface area (Å²) in [7, 11) is 0. The van der Waals surface area contributed by atoms with Gasteiger partial charge < -0.3 is 10.1 Å². The Morgan fingerprint density at radius 1 is 0.935 bits per heavy atom. The van der Waals surface area contributed by atoms with Gasteiger partial charge in [-0.15, -0.1) is 0 Å². The van der Waals surface area contributed by atoms with Crippen molar-refractivity contribution in [2.75, 3.05) is 6.54 Å². The zero-order valence-electron chi connectivity index (χ0n) is 17.2. The van der Waals surface area contributed by atoms with Crippen molar-refractivity contribution in [1.29, 1.82) is 0 Å². The van der Waals surface area contributed by atoms with Crippen molar-refractivity contribution in [2.24, 2.45) is 11.1 Å². The average Bonchev–Trinajstić information content (AvgIpc) is 3.49. The second-order valence-corrected chi connectivity index (χ2v) is 8.85. The molecule has 1 amide bonds. The summed E-state index contributed by atoms with van der Waals surface area (Å²) in [6.07, 6.45) is 2.96. The van der Waals surface area contributed by atoms with Gasteiger partial charge in [-0.2, -0.15) is 0 Å². The number of rotatable bonds is 3. The van der Waals surface area contributed by atoms with Gasteiger partial charge in [-0.3, -0.25) is 4.79 Å². The molecule has 2 fully saturated rings. The van der Waals surface area contributed by atoms with E-state index in [1.165, 1.54) is 27.8 Å². The average molecular weight is 409 g/mol. The molecule has 154 valence electrons. The van der Waals surface area contributed by atoms with Crippen molar-refractivity contribution in [3.63, 3.8) is 0 Å². The molecule has 3 aromatic carbocycles. The minimum Gasteiger partial charge on any atom is -0.411 e. The van der Waals surface area contributed by atoms with Gasteiger partial charge in [-0.25, -0.2) is 0 Å². The van der Waals surface area contributed by atoms with Gasteiger partial charge in [0.15, 0.2) is 0 Å². The predicted octanol–water partition coefficient (Wildman–Crippen LogP) is 4.84. The van der Waals surface area contributed by atoms with E-state index in [4.69, 9.17) is 0 Å². The van der Waals surface area contributed by atoms with Crippen LogP contribution >= 0.6 is 0 Å². The standard InChI is InChI=1S/C27H24N2O2/c30-27-25(26(28-31)17-7-2-1-3-8-17)24(23-11-6-14-29(23)27)19-12-13-22-20(16-19)15-18-9-4-5-10-21(18)22/h1-5,7-10,12-13,16,23-25,31H,6,11,14-15H2/b28-26+/t23?,24-,25-/m1/s1. The smallest absolute Gasteiger partial charge is 0.232 e. The topological polar surface area (TPSA) is 52.9 Å². The monoisotopic (exact) mass is 408 g/mol.